The fourth-order valence-corrected chi connectivity index (χ4v) is 1.56. The number of aliphatic hydroxyl groups is 1. The van der Waals surface area contributed by atoms with Gasteiger partial charge in [0.25, 0.3) is 0 Å². The molecule has 0 heterocycles. The maximum Gasteiger partial charge on any atom is 0.161 e. The third-order valence-corrected chi connectivity index (χ3v) is 2.63. The van der Waals surface area contributed by atoms with Crippen molar-refractivity contribution < 1.29 is 14.6 Å². The number of ether oxygens (including phenoxy) is 2. The zero-order valence-electron chi connectivity index (χ0n) is 13.4. The molecule has 0 aromatic heterocycles. The van der Waals surface area contributed by atoms with E-state index in [9.17, 15) is 5.11 Å². The molecular formula is C16H27NO3. The second-order valence-corrected chi connectivity index (χ2v) is 6.69. The van der Waals surface area contributed by atoms with E-state index in [2.05, 4.69) is 26.1 Å². The lowest BCUT2D eigenvalue weighted by molar-refractivity contribution is 0.0276. The quantitative estimate of drug-likeness (QED) is 0.842. The first-order valence-corrected chi connectivity index (χ1v) is 6.88. The van der Waals surface area contributed by atoms with Crippen molar-refractivity contribution in [1.82, 2.24) is 5.32 Å². The van der Waals surface area contributed by atoms with Crippen LogP contribution in [0.3, 0.4) is 0 Å². The maximum absolute atomic E-state index is 9.70. The van der Waals surface area contributed by atoms with Crippen molar-refractivity contribution in [2.75, 3.05) is 13.7 Å². The second-order valence-electron chi connectivity index (χ2n) is 6.69. The third-order valence-electron chi connectivity index (χ3n) is 2.63. The topological polar surface area (TPSA) is 50.7 Å². The molecule has 1 rings (SSSR count). The summed E-state index contributed by atoms with van der Waals surface area (Å²) in [5, 5.41) is 13.1. The summed E-state index contributed by atoms with van der Waals surface area (Å²) in [5.74, 6) is 1.33. The lowest BCUT2D eigenvalue weighted by Gasteiger charge is -2.22. The van der Waals surface area contributed by atoms with Gasteiger partial charge in [-0.25, -0.2) is 0 Å². The highest BCUT2D eigenvalue weighted by Gasteiger charge is 2.15. The summed E-state index contributed by atoms with van der Waals surface area (Å²) in [4.78, 5) is 0. The molecule has 0 unspecified atom stereocenters. The van der Waals surface area contributed by atoms with E-state index >= 15 is 0 Å². The normalized spacial score (nSPS) is 12.3. The van der Waals surface area contributed by atoms with Crippen LogP contribution in [0.4, 0.5) is 0 Å². The minimum Gasteiger partial charge on any atom is -0.493 e. The van der Waals surface area contributed by atoms with E-state index in [1.54, 1.807) is 21.0 Å². The first-order chi connectivity index (χ1) is 9.11. The maximum atomic E-state index is 9.70. The van der Waals surface area contributed by atoms with Gasteiger partial charge in [0, 0.05) is 12.1 Å². The Morgan fingerprint density at radius 2 is 1.75 bits per heavy atom. The lowest BCUT2D eigenvalue weighted by Crippen LogP contribution is -2.35. The Bertz CT molecular complexity index is 430. The summed E-state index contributed by atoms with van der Waals surface area (Å²) in [6.45, 7) is 10.8. The van der Waals surface area contributed by atoms with Gasteiger partial charge in [-0.2, -0.15) is 0 Å². The SMILES string of the molecule is COc1cc(CNC(C)(C)C)ccc1OCC(C)(C)O. The van der Waals surface area contributed by atoms with Crippen LogP contribution in [0.5, 0.6) is 11.5 Å². The standard InChI is InChI=1S/C16H27NO3/c1-15(2,3)17-10-12-7-8-13(14(9-12)19-6)20-11-16(4,5)18/h7-9,17-18H,10-11H2,1-6H3. The second kappa shape index (κ2) is 6.46. The average Bonchev–Trinajstić information content (AvgIpc) is 2.32. The largest absolute Gasteiger partial charge is 0.493 e. The minimum absolute atomic E-state index is 0.0727. The molecule has 1 aromatic carbocycles. The van der Waals surface area contributed by atoms with E-state index in [1.165, 1.54) is 0 Å². The number of hydrogen-bond acceptors (Lipinski definition) is 4. The van der Waals surface area contributed by atoms with E-state index < -0.39 is 5.60 Å². The van der Waals surface area contributed by atoms with E-state index in [0.717, 1.165) is 12.1 Å². The first-order valence-electron chi connectivity index (χ1n) is 6.88. The van der Waals surface area contributed by atoms with Gasteiger partial charge in [-0.15, -0.1) is 0 Å². The lowest BCUT2D eigenvalue weighted by atomic mass is 10.1. The van der Waals surface area contributed by atoms with Crippen LogP contribution in [0.1, 0.15) is 40.2 Å². The molecule has 0 spiro atoms. The Morgan fingerprint density at radius 3 is 2.25 bits per heavy atom. The third kappa shape index (κ3) is 6.26. The van der Waals surface area contributed by atoms with Crippen molar-refractivity contribution in [2.45, 2.75) is 52.3 Å². The smallest absolute Gasteiger partial charge is 0.161 e. The Morgan fingerprint density at radius 1 is 1.10 bits per heavy atom. The van der Waals surface area contributed by atoms with Crippen LogP contribution >= 0.6 is 0 Å². The van der Waals surface area contributed by atoms with Crippen LogP contribution in [0.15, 0.2) is 18.2 Å². The molecule has 2 N–H and O–H groups in total. The first kappa shape index (κ1) is 16.8. The summed E-state index contributed by atoms with van der Waals surface area (Å²) in [5.41, 5.74) is 0.341. The van der Waals surface area contributed by atoms with Crippen molar-refractivity contribution >= 4 is 0 Å². The van der Waals surface area contributed by atoms with Crippen LogP contribution < -0.4 is 14.8 Å². The van der Waals surface area contributed by atoms with Gasteiger partial charge in [0.1, 0.15) is 6.61 Å². The van der Waals surface area contributed by atoms with Crippen molar-refractivity contribution in [3.05, 3.63) is 23.8 Å². The number of hydrogen-bond donors (Lipinski definition) is 2. The van der Waals surface area contributed by atoms with E-state index in [1.807, 2.05) is 18.2 Å². The molecule has 0 saturated carbocycles. The molecule has 0 aliphatic carbocycles. The van der Waals surface area contributed by atoms with Crippen molar-refractivity contribution in [2.24, 2.45) is 0 Å². The highest BCUT2D eigenvalue weighted by Crippen LogP contribution is 2.28. The van der Waals surface area contributed by atoms with Crippen molar-refractivity contribution in [1.29, 1.82) is 0 Å². The van der Waals surface area contributed by atoms with Gasteiger partial charge in [0.2, 0.25) is 0 Å². The van der Waals surface area contributed by atoms with Gasteiger partial charge < -0.3 is 19.9 Å². The van der Waals surface area contributed by atoms with Gasteiger partial charge >= 0.3 is 0 Å². The molecule has 0 atom stereocenters. The van der Waals surface area contributed by atoms with E-state index in [4.69, 9.17) is 9.47 Å². The molecule has 0 amide bonds. The number of methoxy groups -OCH3 is 1. The Balaban J connectivity index is 2.75. The number of nitrogens with one attached hydrogen (secondary N) is 1. The molecular weight excluding hydrogens is 254 g/mol. The van der Waals surface area contributed by atoms with Crippen LogP contribution in [-0.2, 0) is 6.54 Å². The predicted octanol–water partition coefficient (Wildman–Crippen LogP) is 2.73. The average molecular weight is 281 g/mol. The molecule has 1 aromatic rings. The van der Waals surface area contributed by atoms with Crippen LogP contribution in [-0.4, -0.2) is 30.0 Å². The monoisotopic (exact) mass is 281 g/mol. The fourth-order valence-electron chi connectivity index (χ4n) is 1.56. The predicted molar refractivity (Wildman–Crippen MR) is 81.4 cm³/mol. The van der Waals surface area contributed by atoms with Gasteiger partial charge in [-0.3, -0.25) is 0 Å². The molecule has 0 saturated heterocycles. The van der Waals surface area contributed by atoms with Gasteiger partial charge in [-0.05, 0) is 52.3 Å². The van der Waals surface area contributed by atoms with Crippen LogP contribution in [0.25, 0.3) is 0 Å². The summed E-state index contributed by atoms with van der Waals surface area (Å²) in [6.07, 6.45) is 0. The van der Waals surface area contributed by atoms with Gasteiger partial charge in [0.05, 0.1) is 12.7 Å². The molecule has 0 aliphatic heterocycles. The minimum atomic E-state index is -0.864. The zero-order chi connectivity index (χ0) is 15.4. The Hall–Kier alpha value is -1.26. The summed E-state index contributed by atoms with van der Waals surface area (Å²) >= 11 is 0. The summed E-state index contributed by atoms with van der Waals surface area (Å²) in [7, 11) is 1.62. The molecule has 0 aliphatic rings. The zero-order valence-corrected chi connectivity index (χ0v) is 13.4. The Kier molecular flexibility index (Phi) is 5.42. The molecule has 20 heavy (non-hydrogen) atoms. The number of rotatable bonds is 6. The van der Waals surface area contributed by atoms with E-state index in [0.29, 0.717) is 11.5 Å². The molecule has 0 radical (unpaired) electrons. The van der Waals surface area contributed by atoms with Crippen molar-refractivity contribution in [3.8, 4) is 11.5 Å². The van der Waals surface area contributed by atoms with Crippen LogP contribution in [0.2, 0.25) is 0 Å². The van der Waals surface area contributed by atoms with Gasteiger partial charge in [0.15, 0.2) is 11.5 Å². The number of benzene rings is 1. The summed E-state index contributed by atoms with van der Waals surface area (Å²) in [6, 6.07) is 5.84. The molecule has 0 fully saturated rings. The molecule has 114 valence electrons. The highest BCUT2D eigenvalue weighted by atomic mass is 16.5. The fraction of sp³-hybridized carbons (Fsp3) is 0.625. The van der Waals surface area contributed by atoms with E-state index in [-0.39, 0.29) is 12.1 Å². The highest BCUT2D eigenvalue weighted by molar-refractivity contribution is 5.43. The molecule has 4 heteroatoms. The molecule has 4 nitrogen and oxygen atoms in total. The van der Waals surface area contributed by atoms with Gasteiger partial charge in [-0.1, -0.05) is 6.07 Å². The summed E-state index contributed by atoms with van der Waals surface area (Å²) < 4.78 is 10.9. The van der Waals surface area contributed by atoms with Crippen LogP contribution in [0, 0.1) is 0 Å². The Labute approximate surface area is 122 Å². The van der Waals surface area contributed by atoms with Crippen molar-refractivity contribution in [3.63, 3.8) is 0 Å². The molecule has 0 bridgehead atoms.